The maximum atomic E-state index is 5.60. The fraction of sp³-hybridized carbons (Fsp3) is 0.333. The van der Waals surface area contributed by atoms with Gasteiger partial charge in [-0.05, 0) is 15.9 Å². The molecule has 0 spiro atoms. The van der Waals surface area contributed by atoms with E-state index in [9.17, 15) is 0 Å². The van der Waals surface area contributed by atoms with Crippen molar-refractivity contribution in [2.45, 2.75) is 10.9 Å². The van der Waals surface area contributed by atoms with Gasteiger partial charge in [-0.3, -0.25) is 0 Å². The zero-order valence-electron chi connectivity index (χ0n) is 5.39. The first-order valence-corrected chi connectivity index (χ1v) is 6.55. The average Bonchev–Trinajstić information content (AvgIpc) is 2.34. The Bertz CT molecular complexity index is 174. The molecular formula is C6H8Cl2SSi. The zero-order valence-corrected chi connectivity index (χ0v) is 9.13. The number of rotatable bonds is 3. The predicted molar refractivity (Wildman–Crippen MR) is 52.8 cm³/mol. The van der Waals surface area contributed by atoms with E-state index in [1.807, 2.05) is 11.3 Å². The van der Waals surface area contributed by atoms with Gasteiger partial charge in [0, 0.05) is 0 Å². The maximum Gasteiger partial charge on any atom is 0.105 e. The van der Waals surface area contributed by atoms with E-state index in [1.54, 1.807) is 0 Å². The number of alkyl halides is 2. The summed E-state index contributed by atoms with van der Waals surface area (Å²) >= 11 is 13.0. The molecule has 4 heteroatoms. The largest absolute Gasteiger partial charge is 0.154 e. The number of halogens is 2. The molecule has 0 fully saturated rings. The minimum Gasteiger partial charge on any atom is -0.154 e. The minimum absolute atomic E-state index is 0.159. The lowest BCUT2D eigenvalue weighted by molar-refractivity contribution is 1.36. The summed E-state index contributed by atoms with van der Waals surface area (Å²) in [6.07, 6.45) is 0. The van der Waals surface area contributed by atoms with Crippen molar-refractivity contribution >= 4 is 48.6 Å². The Morgan fingerprint density at radius 1 is 1.60 bits per heavy atom. The van der Waals surface area contributed by atoms with E-state index in [-0.39, 0.29) is 14.4 Å². The Balaban J connectivity index is 2.28. The van der Waals surface area contributed by atoms with Crippen LogP contribution < -0.4 is 4.50 Å². The molecular weight excluding hydrogens is 203 g/mol. The van der Waals surface area contributed by atoms with Crippen LogP contribution in [0, 0.1) is 0 Å². The van der Waals surface area contributed by atoms with E-state index in [1.165, 1.54) is 4.50 Å². The Kier molecular flexibility index (Phi) is 3.77. The van der Waals surface area contributed by atoms with Gasteiger partial charge in [0.05, 0.1) is 9.52 Å². The first-order chi connectivity index (χ1) is 4.79. The zero-order chi connectivity index (χ0) is 7.40. The van der Waals surface area contributed by atoms with Gasteiger partial charge in [0.1, 0.15) is 4.84 Å². The molecule has 0 bridgehead atoms. The molecule has 0 saturated heterocycles. The van der Waals surface area contributed by atoms with Gasteiger partial charge >= 0.3 is 0 Å². The molecule has 1 rings (SSSR count). The molecule has 56 valence electrons. The fourth-order valence-electron chi connectivity index (χ4n) is 0.706. The van der Waals surface area contributed by atoms with Crippen LogP contribution in [0.25, 0.3) is 0 Å². The summed E-state index contributed by atoms with van der Waals surface area (Å²) in [5.41, 5.74) is 0. The predicted octanol–water partition coefficient (Wildman–Crippen LogP) is 1.76. The van der Waals surface area contributed by atoms with Crippen LogP contribution in [0.5, 0.6) is 0 Å². The van der Waals surface area contributed by atoms with Crippen LogP contribution in [-0.4, -0.2) is 14.4 Å². The van der Waals surface area contributed by atoms with Gasteiger partial charge in [0.25, 0.3) is 0 Å². The summed E-state index contributed by atoms with van der Waals surface area (Å²) in [4.78, 5) is -0.159. The molecule has 0 nitrogen and oxygen atoms in total. The van der Waals surface area contributed by atoms with Crippen molar-refractivity contribution in [3.63, 3.8) is 0 Å². The molecule has 0 unspecified atom stereocenters. The van der Waals surface area contributed by atoms with E-state index in [4.69, 9.17) is 23.2 Å². The van der Waals surface area contributed by atoms with E-state index >= 15 is 0 Å². The van der Waals surface area contributed by atoms with Gasteiger partial charge in [-0.1, -0.05) is 12.1 Å². The van der Waals surface area contributed by atoms with Gasteiger partial charge in [0.15, 0.2) is 0 Å². The second-order valence-corrected chi connectivity index (χ2v) is 6.67. The Morgan fingerprint density at radius 3 is 2.90 bits per heavy atom. The van der Waals surface area contributed by atoms with Crippen molar-refractivity contribution in [2.24, 2.45) is 0 Å². The molecule has 0 radical (unpaired) electrons. The second-order valence-electron chi connectivity index (χ2n) is 2.01. The third-order valence-electron chi connectivity index (χ3n) is 1.19. The molecule has 0 atom stereocenters. The Hall–Kier alpha value is 0.497. The normalized spacial score (nSPS) is 11.9. The highest BCUT2D eigenvalue weighted by molar-refractivity contribution is 7.19. The van der Waals surface area contributed by atoms with E-state index in [0.29, 0.717) is 0 Å². The molecule has 0 aliphatic rings. The topological polar surface area (TPSA) is 0 Å². The van der Waals surface area contributed by atoms with Gasteiger partial charge in [0.2, 0.25) is 0 Å². The van der Waals surface area contributed by atoms with Crippen molar-refractivity contribution in [3.8, 4) is 0 Å². The van der Waals surface area contributed by atoms with Gasteiger partial charge < -0.3 is 0 Å². The Morgan fingerprint density at radius 2 is 2.40 bits per heavy atom. The monoisotopic (exact) mass is 210 g/mol. The van der Waals surface area contributed by atoms with Crippen LogP contribution in [0.1, 0.15) is 0 Å². The molecule has 0 saturated carbocycles. The van der Waals surface area contributed by atoms with Crippen molar-refractivity contribution < 1.29 is 0 Å². The van der Waals surface area contributed by atoms with Gasteiger partial charge in [-0.15, -0.1) is 23.2 Å². The lowest BCUT2D eigenvalue weighted by atomic mass is 10.7. The fourth-order valence-corrected chi connectivity index (χ4v) is 3.77. The number of hydrogen-bond donors (Lipinski definition) is 0. The highest BCUT2D eigenvalue weighted by atomic mass is 35.5. The first-order valence-electron chi connectivity index (χ1n) is 3.09. The highest BCUT2D eigenvalue weighted by Gasteiger charge is 2.00. The lowest BCUT2D eigenvalue weighted by Crippen LogP contribution is -2.10. The molecule has 1 heterocycles. The van der Waals surface area contributed by atoms with E-state index in [2.05, 4.69) is 17.5 Å². The van der Waals surface area contributed by atoms with Crippen LogP contribution >= 0.6 is 34.5 Å². The third kappa shape index (κ3) is 3.06. The SMILES string of the molecule is ClC(Cl)C[SiH2]c1cccs1. The number of hydrogen-bond acceptors (Lipinski definition) is 1. The Labute approximate surface area is 77.0 Å². The summed E-state index contributed by atoms with van der Waals surface area (Å²) in [5, 5.41) is 2.10. The quantitative estimate of drug-likeness (QED) is 0.528. The first kappa shape index (κ1) is 8.59. The molecule has 1 aromatic heterocycles. The van der Waals surface area contributed by atoms with Crippen molar-refractivity contribution in [1.29, 1.82) is 0 Å². The van der Waals surface area contributed by atoms with Crippen LogP contribution in [0.3, 0.4) is 0 Å². The molecule has 0 aliphatic carbocycles. The summed E-state index contributed by atoms with van der Waals surface area (Å²) in [5.74, 6) is 0. The van der Waals surface area contributed by atoms with Crippen molar-refractivity contribution in [3.05, 3.63) is 17.5 Å². The van der Waals surface area contributed by atoms with Crippen molar-refractivity contribution in [1.82, 2.24) is 0 Å². The van der Waals surface area contributed by atoms with Gasteiger partial charge in [-0.2, -0.15) is 11.3 Å². The molecule has 0 aromatic carbocycles. The summed E-state index contributed by atoms with van der Waals surface area (Å²) in [7, 11) is -0.162. The van der Waals surface area contributed by atoms with E-state index < -0.39 is 0 Å². The van der Waals surface area contributed by atoms with Crippen LogP contribution in [0.2, 0.25) is 6.04 Å². The smallest absolute Gasteiger partial charge is 0.105 e. The highest BCUT2D eigenvalue weighted by Crippen LogP contribution is 2.06. The molecule has 0 aliphatic heterocycles. The van der Waals surface area contributed by atoms with Crippen molar-refractivity contribution in [2.75, 3.05) is 0 Å². The summed E-state index contributed by atoms with van der Waals surface area (Å²) < 4.78 is 1.49. The van der Waals surface area contributed by atoms with E-state index in [0.717, 1.165) is 6.04 Å². The average molecular weight is 211 g/mol. The second kappa shape index (κ2) is 4.39. The molecule has 0 amide bonds. The summed E-state index contributed by atoms with van der Waals surface area (Å²) in [6, 6.07) is 5.22. The van der Waals surface area contributed by atoms with Crippen LogP contribution in [-0.2, 0) is 0 Å². The van der Waals surface area contributed by atoms with Crippen LogP contribution in [0.4, 0.5) is 0 Å². The van der Waals surface area contributed by atoms with Gasteiger partial charge in [-0.25, -0.2) is 0 Å². The molecule has 10 heavy (non-hydrogen) atoms. The maximum absolute atomic E-state index is 5.60. The molecule has 1 aromatic rings. The standard InChI is InChI=1S/C6H8Cl2SSi/c7-5(8)4-10-6-2-1-3-9-6/h1-3,5H,4,10H2. The minimum atomic E-state index is -0.162. The molecule has 0 N–H and O–H groups in total. The number of thiophene rings is 1. The summed E-state index contributed by atoms with van der Waals surface area (Å²) in [6.45, 7) is 0. The third-order valence-corrected chi connectivity index (χ3v) is 5.80. The lowest BCUT2D eigenvalue weighted by Gasteiger charge is -1.95. The van der Waals surface area contributed by atoms with Crippen LogP contribution in [0.15, 0.2) is 17.5 Å².